The Labute approximate surface area is 147 Å². The van der Waals surface area contributed by atoms with Crippen molar-refractivity contribution >= 4 is 27.5 Å². The minimum absolute atomic E-state index is 0.105. The normalized spacial score (nSPS) is 24.2. The molecule has 2 aliphatic carbocycles. The van der Waals surface area contributed by atoms with E-state index in [2.05, 4.69) is 42.5 Å². The topological polar surface area (TPSA) is 26.3 Å². The van der Waals surface area contributed by atoms with Gasteiger partial charge < -0.3 is 4.74 Å². The van der Waals surface area contributed by atoms with Crippen molar-refractivity contribution in [2.24, 2.45) is 17.8 Å². The monoisotopic (exact) mass is 328 g/mol. The third kappa shape index (κ3) is 2.62. The highest BCUT2D eigenvalue weighted by Gasteiger charge is 2.36. The minimum atomic E-state index is -0.105. The van der Waals surface area contributed by atoms with E-state index in [4.69, 9.17) is 4.74 Å². The number of allylic oxidation sites excluding steroid dienone is 2. The molecule has 0 radical (unpaired) electrons. The van der Waals surface area contributed by atoms with Crippen LogP contribution < -0.4 is 4.74 Å². The van der Waals surface area contributed by atoms with Crippen LogP contribution in [0.5, 0.6) is 5.75 Å². The summed E-state index contributed by atoms with van der Waals surface area (Å²) in [6.45, 7) is 0. The lowest BCUT2D eigenvalue weighted by Crippen LogP contribution is -2.17. The van der Waals surface area contributed by atoms with Gasteiger partial charge in [0, 0.05) is 11.8 Å². The van der Waals surface area contributed by atoms with E-state index in [1.807, 2.05) is 24.3 Å². The fraction of sp³-hybridized carbons (Fsp3) is 0.261. The Morgan fingerprint density at radius 3 is 2.48 bits per heavy atom. The molecule has 25 heavy (non-hydrogen) atoms. The number of carbonyl (C=O) groups excluding carboxylic acids is 1. The first-order valence-electron chi connectivity index (χ1n) is 9.07. The molecule has 124 valence electrons. The lowest BCUT2D eigenvalue weighted by molar-refractivity contribution is -0.135. The fourth-order valence-electron chi connectivity index (χ4n) is 4.53. The van der Waals surface area contributed by atoms with Crippen LogP contribution in [0, 0.1) is 17.8 Å². The average Bonchev–Trinajstić information content (AvgIpc) is 3.23. The van der Waals surface area contributed by atoms with Crippen LogP contribution in [0.25, 0.3) is 21.5 Å². The maximum absolute atomic E-state index is 12.5. The molecule has 2 bridgehead atoms. The van der Waals surface area contributed by atoms with E-state index in [-0.39, 0.29) is 5.97 Å². The number of ether oxygens (including phenoxy) is 1. The molecule has 3 aromatic rings. The van der Waals surface area contributed by atoms with Gasteiger partial charge in [0.1, 0.15) is 5.75 Å². The Kier molecular flexibility index (Phi) is 3.37. The number of fused-ring (bicyclic) bond motifs is 4. The number of esters is 1. The predicted octanol–water partition coefficient (Wildman–Crippen LogP) is 5.50. The van der Waals surface area contributed by atoms with Crippen LogP contribution >= 0.6 is 0 Å². The molecule has 0 aromatic heterocycles. The van der Waals surface area contributed by atoms with Crippen molar-refractivity contribution < 1.29 is 9.53 Å². The van der Waals surface area contributed by atoms with Gasteiger partial charge >= 0.3 is 5.97 Å². The summed E-state index contributed by atoms with van der Waals surface area (Å²) >= 11 is 0. The van der Waals surface area contributed by atoms with Crippen molar-refractivity contribution in [3.8, 4) is 5.75 Å². The average molecular weight is 328 g/mol. The minimum Gasteiger partial charge on any atom is -0.426 e. The van der Waals surface area contributed by atoms with Gasteiger partial charge in [-0.3, -0.25) is 4.79 Å². The van der Waals surface area contributed by atoms with Crippen LogP contribution in [-0.2, 0) is 4.79 Å². The van der Waals surface area contributed by atoms with Gasteiger partial charge in [-0.05, 0) is 65.0 Å². The largest absolute Gasteiger partial charge is 0.426 e. The number of hydrogen-bond donors (Lipinski definition) is 0. The first-order chi connectivity index (χ1) is 12.3. The van der Waals surface area contributed by atoms with Gasteiger partial charge in [0.05, 0.1) is 0 Å². The van der Waals surface area contributed by atoms with Gasteiger partial charge in [0.25, 0.3) is 0 Å². The van der Waals surface area contributed by atoms with E-state index in [1.54, 1.807) is 0 Å². The molecule has 0 spiro atoms. The summed E-state index contributed by atoms with van der Waals surface area (Å²) in [5, 5.41) is 4.47. The van der Waals surface area contributed by atoms with E-state index in [9.17, 15) is 4.79 Å². The zero-order valence-corrected chi connectivity index (χ0v) is 14.0. The maximum atomic E-state index is 12.5. The van der Waals surface area contributed by atoms with Crippen LogP contribution in [-0.4, -0.2) is 5.97 Å². The van der Waals surface area contributed by atoms with Gasteiger partial charge in [0.15, 0.2) is 0 Å². The van der Waals surface area contributed by atoms with Gasteiger partial charge in [-0.1, -0.05) is 48.6 Å². The zero-order chi connectivity index (χ0) is 16.8. The quantitative estimate of drug-likeness (QED) is 0.275. The standard InChI is InChI=1S/C23H20O2/c24-23(14-20-11-15-8-9-18(20)10-15)25-22-7-3-6-19-12-16-4-1-2-5-17(16)13-21(19)22/h1-9,12-13,15,18,20H,10-11,14H2. The molecule has 3 aromatic carbocycles. The summed E-state index contributed by atoms with van der Waals surface area (Å²) in [6, 6.07) is 18.5. The van der Waals surface area contributed by atoms with Gasteiger partial charge in [-0.15, -0.1) is 0 Å². The van der Waals surface area contributed by atoms with E-state index in [1.165, 1.54) is 11.8 Å². The maximum Gasteiger partial charge on any atom is 0.311 e. The molecule has 0 amide bonds. The molecule has 1 saturated carbocycles. The van der Waals surface area contributed by atoms with E-state index in [0.717, 1.165) is 22.6 Å². The van der Waals surface area contributed by atoms with E-state index < -0.39 is 0 Å². The van der Waals surface area contributed by atoms with Crippen LogP contribution in [0.1, 0.15) is 19.3 Å². The molecule has 1 fully saturated rings. The van der Waals surface area contributed by atoms with Crippen molar-refractivity contribution in [1.29, 1.82) is 0 Å². The van der Waals surface area contributed by atoms with Crippen molar-refractivity contribution in [3.63, 3.8) is 0 Å². The number of hydrogen-bond acceptors (Lipinski definition) is 2. The summed E-state index contributed by atoms with van der Waals surface area (Å²) in [5.41, 5.74) is 0. The molecule has 0 heterocycles. The highest BCUT2D eigenvalue weighted by molar-refractivity contribution is 6.01. The Morgan fingerprint density at radius 1 is 0.920 bits per heavy atom. The Bertz CT molecular complexity index is 1000. The third-order valence-electron chi connectivity index (χ3n) is 5.78. The molecular formula is C23H20O2. The summed E-state index contributed by atoms with van der Waals surface area (Å²) in [4.78, 5) is 12.5. The highest BCUT2D eigenvalue weighted by Crippen LogP contribution is 2.45. The second-order valence-corrected chi connectivity index (χ2v) is 7.40. The highest BCUT2D eigenvalue weighted by atomic mass is 16.5. The molecule has 3 unspecified atom stereocenters. The van der Waals surface area contributed by atoms with Crippen LogP contribution in [0.4, 0.5) is 0 Å². The van der Waals surface area contributed by atoms with Crippen LogP contribution in [0.2, 0.25) is 0 Å². The van der Waals surface area contributed by atoms with Crippen molar-refractivity contribution in [2.75, 3.05) is 0 Å². The number of rotatable bonds is 3. The summed E-state index contributed by atoms with van der Waals surface area (Å²) in [5.74, 6) is 2.29. The summed E-state index contributed by atoms with van der Waals surface area (Å²) < 4.78 is 5.78. The lowest BCUT2D eigenvalue weighted by Gasteiger charge is -2.17. The first kappa shape index (κ1) is 14.7. The SMILES string of the molecule is O=C(CC1CC2C=CC1C2)Oc1cccc2cc3ccccc3cc12. The third-order valence-corrected chi connectivity index (χ3v) is 5.78. The summed E-state index contributed by atoms with van der Waals surface area (Å²) in [7, 11) is 0. The van der Waals surface area contributed by atoms with Crippen molar-refractivity contribution in [2.45, 2.75) is 19.3 Å². The van der Waals surface area contributed by atoms with Crippen molar-refractivity contribution in [1.82, 2.24) is 0 Å². The molecule has 2 heteroatoms. The molecule has 2 aliphatic rings. The Hall–Kier alpha value is -2.61. The van der Waals surface area contributed by atoms with Crippen LogP contribution in [0.3, 0.4) is 0 Å². The van der Waals surface area contributed by atoms with E-state index in [0.29, 0.717) is 29.9 Å². The Morgan fingerprint density at radius 2 is 1.72 bits per heavy atom. The summed E-state index contributed by atoms with van der Waals surface area (Å²) in [6.07, 6.45) is 7.47. The number of benzene rings is 3. The Balaban J connectivity index is 1.43. The smallest absolute Gasteiger partial charge is 0.311 e. The van der Waals surface area contributed by atoms with Gasteiger partial charge in [-0.25, -0.2) is 0 Å². The molecule has 5 rings (SSSR count). The zero-order valence-electron chi connectivity index (χ0n) is 14.0. The van der Waals surface area contributed by atoms with Gasteiger partial charge in [0.2, 0.25) is 0 Å². The van der Waals surface area contributed by atoms with E-state index >= 15 is 0 Å². The number of carbonyl (C=O) groups is 1. The molecule has 3 atom stereocenters. The molecule has 2 nitrogen and oxygen atoms in total. The van der Waals surface area contributed by atoms with Crippen LogP contribution in [0.15, 0.2) is 66.7 Å². The lowest BCUT2D eigenvalue weighted by atomic mass is 9.91. The molecular weight excluding hydrogens is 308 g/mol. The predicted molar refractivity (Wildman–Crippen MR) is 101 cm³/mol. The molecule has 0 N–H and O–H groups in total. The molecule has 0 saturated heterocycles. The van der Waals surface area contributed by atoms with Gasteiger partial charge in [-0.2, -0.15) is 0 Å². The van der Waals surface area contributed by atoms with Crippen molar-refractivity contribution in [3.05, 3.63) is 66.7 Å². The molecule has 0 aliphatic heterocycles. The first-order valence-corrected chi connectivity index (χ1v) is 9.07. The fourth-order valence-corrected chi connectivity index (χ4v) is 4.53. The second kappa shape index (κ2) is 5.73. The second-order valence-electron chi connectivity index (χ2n) is 7.40.